The topological polar surface area (TPSA) is 21.7 Å². The van der Waals surface area contributed by atoms with E-state index in [1.54, 1.807) is 0 Å². The third-order valence-electron chi connectivity index (χ3n) is 3.94. The van der Waals surface area contributed by atoms with Crippen LogP contribution in [0.15, 0.2) is 11.7 Å². The van der Waals surface area contributed by atoms with Crippen LogP contribution in [0.5, 0.6) is 0 Å². The largest absolute Gasteiger partial charge is 0.491 e. The van der Waals surface area contributed by atoms with E-state index in [9.17, 15) is 0 Å². The van der Waals surface area contributed by atoms with Crippen LogP contribution in [0.3, 0.4) is 0 Å². The van der Waals surface area contributed by atoms with Crippen LogP contribution in [-0.2, 0) is 9.31 Å². The van der Waals surface area contributed by atoms with Gasteiger partial charge in [0.1, 0.15) is 0 Å². The zero-order valence-corrected chi connectivity index (χ0v) is 9.48. The average molecular weight is 207 g/mol. The van der Waals surface area contributed by atoms with Gasteiger partial charge in [-0.2, -0.15) is 0 Å². The van der Waals surface area contributed by atoms with Crippen molar-refractivity contribution < 1.29 is 9.31 Å². The molecule has 4 aliphatic heterocycles. The molecular formula is C11H18BNO2. The molecule has 0 aromatic rings. The molecule has 4 aliphatic rings. The molecule has 82 valence electrons. The lowest BCUT2D eigenvalue weighted by atomic mass is 9.66. The number of rotatable bonds is 1. The molecule has 2 bridgehead atoms. The maximum absolute atomic E-state index is 5.85. The Hall–Kier alpha value is -0.475. The Balaban J connectivity index is 1.78. The van der Waals surface area contributed by atoms with Crippen LogP contribution in [0.2, 0.25) is 0 Å². The highest BCUT2D eigenvalue weighted by molar-refractivity contribution is 6.54. The van der Waals surface area contributed by atoms with Crippen LogP contribution in [0.25, 0.3) is 0 Å². The highest BCUT2D eigenvalue weighted by atomic mass is 16.7. The minimum atomic E-state index is -0.0666. The van der Waals surface area contributed by atoms with Gasteiger partial charge in [0.05, 0.1) is 12.2 Å². The van der Waals surface area contributed by atoms with Gasteiger partial charge in [0.2, 0.25) is 0 Å². The quantitative estimate of drug-likeness (QED) is 0.607. The molecule has 4 rings (SSSR count). The van der Waals surface area contributed by atoms with Crippen molar-refractivity contribution in [2.45, 2.75) is 38.9 Å². The summed E-state index contributed by atoms with van der Waals surface area (Å²) in [7, 11) is -0.0666. The van der Waals surface area contributed by atoms with E-state index in [0.717, 1.165) is 0 Å². The second-order valence-corrected chi connectivity index (χ2v) is 4.95. The molecule has 0 aliphatic carbocycles. The van der Waals surface area contributed by atoms with Crippen molar-refractivity contribution in [3.05, 3.63) is 11.7 Å². The maximum Gasteiger partial charge on any atom is 0.491 e. The summed E-state index contributed by atoms with van der Waals surface area (Å²) in [5.41, 5.74) is 1.38. The first-order valence-corrected chi connectivity index (χ1v) is 6.00. The van der Waals surface area contributed by atoms with Crippen molar-refractivity contribution >= 4 is 7.12 Å². The smallest absolute Gasteiger partial charge is 0.402 e. The molecule has 4 heteroatoms. The Morgan fingerprint density at radius 3 is 2.27 bits per heavy atom. The van der Waals surface area contributed by atoms with Gasteiger partial charge >= 0.3 is 7.12 Å². The number of fused-ring (bicyclic) bond motifs is 2. The Labute approximate surface area is 91.6 Å². The zero-order chi connectivity index (χ0) is 10.4. The number of allylic oxidation sites excluding steroid dienone is 1. The predicted octanol–water partition coefficient (Wildman–Crippen LogP) is 1.45. The molecule has 0 spiro atoms. The zero-order valence-electron chi connectivity index (χ0n) is 9.48. The van der Waals surface area contributed by atoms with Crippen LogP contribution in [0, 0.1) is 5.92 Å². The van der Waals surface area contributed by atoms with Crippen molar-refractivity contribution in [3.63, 3.8) is 0 Å². The molecule has 4 heterocycles. The summed E-state index contributed by atoms with van der Waals surface area (Å²) in [6.07, 6.45) is 5.28. The van der Waals surface area contributed by atoms with Gasteiger partial charge in [-0.15, -0.1) is 0 Å². The van der Waals surface area contributed by atoms with Crippen molar-refractivity contribution in [1.29, 1.82) is 0 Å². The summed E-state index contributed by atoms with van der Waals surface area (Å²) in [6.45, 7) is 6.61. The van der Waals surface area contributed by atoms with Crippen LogP contribution in [-0.4, -0.2) is 37.3 Å². The summed E-state index contributed by atoms with van der Waals surface area (Å²) in [4.78, 5) is 2.40. The molecule has 15 heavy (non-hydrogen) atoms. The van der Waals surface area contributed by atoms with E-state index in [0.29, 0.717) is 5.92 Å². The highest BCUT2D eigenvalue weighted by Crippen LogP contribution is 2.35. The molecule has 0 aromatic heterocycles. The van der Waals surface area contributed by atoms with Gasteiger partial charge in [-0.05, 0) is 44.3 Å². The van der Waals surface area contributed by atoms with E-state index in [4.69, 9.17) is 9.31 Å². The lowest BCUT2D eigenvalue weighted by molar-refractivity contribution is 0.187. The second-order valence-electron chi connectivity index (χ2n) is 4.95. The molecule has 2 fully saturated rings. The van der Waals surface area contributed by atoms with Crippen molar-refractivity contribution in [2.24, 2.45) is 5.92 Å². The normalized spacial score (nSPS) is 36.3. The Bertz CT molecular complexity index is 276. The molecule has 0 amide bonds. The lowest BCUT2D eigenvalue weighted by Crippen LogP contribution is -2.41. The number of hydrogen-bond donors (Lipinski definition) is 0. The molecule has 0 N–H and O–H groups in total. The maximum atomic E-state index is 5.85. The lowest BCUT2D eigenvalue weighted by Gasteiger charge is -2.39. The number of hydrogen-bond acceptors (Lipinski definition) is 3. The summed E-state index contributed by atoms with van der Waals surface area (Å²) in [5, 5.41) is 0. The summed E-state index contributed by atoms with van der Waals surface area (Å²) < 4.78 is 11.7. The minimum absolute atomic E-state index is 0.0666. The van der Waals surface area contributed by atoms with Crippen LogP contribution >= 0.6 is 0 Å². The van der Waals surface area contributed by atoms with E-state index in [1.807, 2.05) is 0 Å². The SMILES string of the molecule is CC1OB(C2=CN3CCC2CC3)OC1C. The Morgan fingerprint density at radius 2 is 1.80 bits per heavy atom. The van der Waals surface area contributed by atoms with Gasteiger partial charge in [0.25, 0.3) is 0 Å². The van der Waals surface area contributed by atoms with Crippen molar-refractivity contribution in [1.82, 2.24) is 4.90 Å². The standard InChI is InChI=1S/C11H18BNO2/c1-8-9(2)15-12(14-8)11-7-13-5-3-10(11)4-6-13/h7-10H,3-6H2,1-2H3. The minimum Gasteiger partial charge on any atom is -0.402 e. The first kappa shape index (κ1) is 9.73. The van der Waals surface area contributed by atoms with Gasteiger partial charge in [0, 0.05) is 13.1 Å². The van der Waals surface area contributed by atoms with Crippen LogP contribution < -0.4 is 0 Å². The van der Waals surface area contributed by atoms with E-state index in [1.165, 1.54) is 31.4 Å². The second kappa shape index (κ2) is 3.53. The number of piperidine rings is 1. The average Bonchev–Trinajstić information content (AvgIpc) is 2.61. The third kappa shape index (κ3) is 1.60. The first-order valence-electron chi connectivity index (χ1n) is 6.00. The van der Waals surface area contributed by atoms with Gasteiger partial charge in [0.15, 0.2) is 0 Å². The first-order chi connectivity index (χ1) is 7.24. The summed E-state index contributed by atoms with van der Waals surface area (Å²) >= 11 is 0. The van der Waals surface area contributed by atoms with E-state index >= 15 is 0 Å². The van der Waals surface area contributed by atoms with Gasteiger partial charge in [-0.3, -0.25) is 0 Å². The molecule has 0 aromatic carbocycles. The molecule has 0 saturated carbocycles. The molecule has 2 unspecified atom stereocenters. The highest BCUT2D eigenvalue weighted by Gasteiger charge is 2.42. The van der Waals surface area contributed by atoms with Crippen LogP contribution in [0.1, 0.15) is 26.7 Å². The van der Waals surface area contributed by atoms with Gasteiger partial charge in [-0.25, -0.2) is 0 Å². The molecule has 3 nitrogen and oxygen atoms in total. The molecule has 2 saturated heterocycles. The van der Waals surface area contributed by atoms with Crippen LogP contribution in [0.4, 0.5) is 0 Å². The number of nitrogens with zero attached hydrogens (tertiary/aromatic N) is 1. The summed E-state index contributed by atoms with van der Waals surface area (Å²) in [6, 6.07) is 0. The fourth-order valence-corrected chi connectivity index (χ4v) is 2.73. The van der Waals surface area contributed by atoms with E-state index in [2.05, 4.69) is 24.9 Å². The van der Waals surface area contributed by atoms with Crippen molar-refractivity contribution in [2.75, 3.05) is 13.1 Å². The Kier molecular flexibility index (Phi) is 2.29. The van der Waals surface area contributed by atoms with Gasteiger partial charge < -0.3 is 14.2 Å². The summed E-state index contributed by atoms with van der Waals surface area (Å²) in [5.74, 6) is 0.706. The fraction of sp³-hybridized carbons (Fsp3) is 0.818. The molecule has 2 atom stereocenters. The molecular weight excluding hydrogens is 189 g/mol. The monoisotopic (exact) mass is 207 g/mol. The molecule has 0 radical (unpaired) electrons. The Morgan fingerprint density at radius 1 is 1.20 bits per heavy atom. The van der Waals surface area contributed by atoms with E-state index < -0.39 is 0 Å². The van der Waals surface area contributed by atoms with Gasteiger partial charge in [-0.1, -0.05) is 0 Å². The third-order valence-corrected chi connectivity index (χ3v) is 3.94. The van der Waals surface area contributed by atoms with E-state index in [-0.39, 0.29) is 19.3 Å². The fourth-order valence-electron chi connectivity index (χ4n) is 2.73. The van der Waals surface area contributed by atoms with Crippen molar-refractivity contribution in [3.8, 4) is 0 Å². The predicted molar refractivity (Wildman–Crippen MR) is 59.2 cm³/mol.